The van der Waals surface area contributed by atoms with Crippen molar-refractivity contribution in [3.8, 4) is 0 Å². The number of benzene rings is 1. The fraction of sp³-hybridized carbons (Fsp3) is 0.0769. The summed E-state index contributed by atoms with van der Waals surface area (Å²) in [7, 11) is 0. The Balaban J connectivity index is 2.31. The Morgan fingerprint density at radius 2 is 2.21 bits per heavy atom. The largest absolute Gasteiger partial charge is 0.396 e. The predicted molar refractivity (Wildman–Crippen MR) is 75.4 cm³/mol. The molecule has 0 radical (unpaired) electrons. The number of nitrogens with zero attached hydrogens (tertiary/aromatic N) is 1. The van der Waals surface area contributed by atoms with Gasteiger partial charge in [0, 0.05) is 10.7 Å². The van der Waals surface area contributed by atoms with Crippen molar-refractivity contribution < 1.29 is 9.18 Å². The van der Waals surface area contributed by atoms with Crippen LogP contribution in [0.1, 0.15) is 15.9 Å². The van der Waals surface area contributed by atoms with Gasteiger partial charge in [-0.3, -0.25) is 9.78 Å². The summed E-state index contributed by atoms with van der Waals surface area (Å²) in [6.07, 6.45) is 3.19. The first-order valence-corrected chi connectivity index (χ1v) is 6.25. The van der Waals surface area contributed by atoms with Crippen molar-refractivity contribution in [2.24, 2.45) is 0 Å². The first-order valence-electron chi connectivity index (χ1n) is 5.45. The van der Waals surface area contributed by atoms with E-state index in [1.807, 2.05) is 6.92 Å². The highest BCUT2D eigenvalue weighted by Gasteiger charge is 2.14. The molecule has 98 valence electrons. The molecule has 0 spiro atoms. The first kappa shape index (κ1) is 13.5. The SMILES string of the molecule is Cc1ccncc1NC(=O)c1cc(N)c(F)cc1Br. The average Bonchev–Trinajstić information content (AvgIpc) is 2.36. The highest BCUT2D eigenvalue weighted by Crippen LogP contribution is 2.24. The molecule has 19 heavy (non-hydrogen) atoms. The molecule has 2 aromatic rings. The van der Waals surface area contributed by atoms with E-state index in [0.29, 0.717) is 10.2 Å². The lowest BCUT2D eigenvalue weighted by atomic mass is 10.1. The molecule has 0 bridgehead atoms. The Labute approximate surface area is 118 Å². The second kappa shape index (κ2) is 5.36. The summed E-state index contributed by atoms with van der Waals surface area (Å²) >= 11 is 3.14. The van der Waals surface area contributed by atoms with Gasteiger partial charge in [-0.1, -0.05) is 0 Å². The van der Waals surface area contributed by atoms with Gasteiger partial charge in [0.2, 0.25) is 0 Å². The Kier molecular flexibility index (Phi) is 3.80. The molecule has 0 aliphatic carbocycles. The molecule has 1 aromatic carbocycles. The lowest BCUT2D eigenvalue weighted by Crippen LogP contribution is -2.14. The van der Waals surface area contributed by atoms with Crippen LogP contribution < -0.4 is 11.1 Å². The minimum absolute atomic E-state index is 0.0729. The van der Waals surface area contributed by atoms with Crippen molar-refractivity contribution in [1.29, 1.82) is 0 Å². The number of nitrogen functional groups attached to an aromatic ring is 1. The van der Waals surface area contributed by atoms with Gasteiger partial charge in [-0.05, 0) is 46.6 Å². The fourth-order valence-electron chi connectivity index (χ4n) is 1.52. The minimum atomic E-state index is -0.569. The normalized spacial score (nSPS) is 10.3. The summed E-state index contributed by atoms with van der Waals surface area (Å²) in [6.45, 7) is 1.85. The van der Waals surface area contributed by atoms with E-state index in [1.54, 1.807) is 18.5 Å². The molecule has 0 aliphatic heterocycles. The van der Waals surface area contributed by atoms with Crippen LogP contribution in [0.2, 0.25) is 0 Å². The van der Waals surface area contributed by atoms with Crippen molar-refractivity contribution in [1.82, 2.24) is 4.98 Å². The number of nitrogens with one attached hydrogen (secondary N) is 1. The lowest BCUT2D eigenvalue weighted by Gasteiger charge is -2.09. The highest BCUT2D eigenvalue weighted by atomic mass is 79.9. The number of halogens is 2. The molecule has 0 fully saturated rings. The van der Waals surface area contributed by atoms with Crippen LogP contribution >= 0.6 is 15.9 Å². The quantitative estimate of drug-likeness (QED) is 0.834. The molecule has 0 saturated heterocycles. The summed E-state index contributed by atoms with van der Waals surface area (Å²) in [4.78, 5) is 16.0. The number of nitrogens with two attached hydrogens (primary N) is 1. The molecule has 2 rings (SSSR count). The van der Waals surface area contributed by atoms with E-state index in [1.165, 1.54) is 12.1 Å². The number of carbonyl (C=O) groups excluding carboxylic acids is 1. The Morgan fingerprint density at radius 3 is 2.89 bits per heavy atom. The summed E-state index contributed by atoms with van der Waals surface area (Å²) in [5.41, 5.74) is 7.14. The highest BCUT2D eigenvalue weighted by molar-refractivity contribution is 9.10. The van der Waals surface area contributed by atoms with Crippen molar-refractivity contribution in [3.05, 3.63) is 52.0 Å². The number of hydrogen-bond donors (Lipinski definition) is 2. The van der Waals surface area contributed by atoms with Gasteiger partial charge in [0.05, 0.1) is 23.1 Å². The standard InChI is InChI=1S/C13H11BrFN3O/c1-7-2-3-17-6-12(7)18-13(19)8-4-11(16)10(15)5-9(8)14/h2-6H,16H2,1H3,(H,18,19). The Bertz CT molecular complexity index is 646. The predicted octanol–water partition coefficient (Wildman–Crippen LogP) is 3.13. The van der Waals surface area contributed by atoms with Gasteiger partial charge in [0.15, 0.2) is 0 Å². The van der Waals surface area contributed by atoms with Gasteiger partial charge in [-0.2, -0.15) is 0 Å². The van der Waals surface area contributed by atoms with Gasteiger partial charge in [0.25, 0.3) is 5.91 Å². The average molecular weight is 324 g/mol. The summed E-state index contributed by atoms with van der Waals surface area (Å²) in [5, 5.41) is 2.70. The van der Waals surface area contributed by atoms with Crippen LogP contribution in [0.3, 0.4) is 0 Å². The molecular formula is C13H11BrFN3O. The van der Waals surface area contributed by atoms with E-state index >= 15 is 0 Å². The number of carbonyl (C=O) groups is 1. The maximum absolute atomic E-state index is 13.2. The zero-order valence-electron chi connectivity index (χ0n) is 10.1. The second-order valence-corrected chi connectivity index (χ2v) is 4.85. The zero-order chi connectivity index (χ0) is 14.0. The molecule has 1 heterocycles. The molecular weight excluding hydrogens is 313 g/mol. The summed E-state index contributed by atoms with van der Waals surface area (Å²) < 4.78 is 13.6. The van der Waals surface area contributed by atoms with Gasteiger partial charge in [-0.25, -0.2) is 4.39 Å². The molecule has 3 N–H and O–H groups in total. The van der Waals surface area contributed by atoms with Crippen LogP contribution in [0.25, 0.3) is 0 Å². The number of aromatic nitrogens is 1. The third-order valence-corrected chi connectivity index (χ3v) is 3.27. The smallest absolute Gasteiger partial charge is 0.256 e. The first-order chi connectivity index (χ1) is 8.99. The van der Waals surface area contributed by atoms with Crippen LogP contribution in [0.4, 0.5) is 15.8 Å². The third-order valence-electron chi connectivity index (χ3n) is 2.62. The molecule has 0 aliphatic rings. The van der Waals surface area contributed by atoms with Crippen molar-refractivity contribution in [3.63, 3.8) is 0 Å². The minimum Gasteiger partial charge on any atom is -0.396 e. The Morgan fingerprint density at radius 1 is 1.47 bits per heavy atom. The lowest BCUT2D eigenvalue weighted by molar-refractivity contribution is 0.102. The van der Waals surface area contributed by atoms with Crippen LogP contribution in [0.5, 0.6) is 0 Å². The summed E-state index contributed by atoms with van der Waals surface area (Å²) in [5.74, 6) is -0.948. The molecule has 1 aromatic heterocycles. The molecule has 4 nitrogen and oxygen atoms in total. The maximum atomic E-state index is 13.2. The van der Waals surface area contributed by atoms with E-state index in [-0.39, 0.29) is 17.2 Å². The number of pyridine rings is 1. The summed E-state index contributed by atoms with van der Waals surface area (Å²) in [6, 6.07) is 4.24. The van der Waals surface area contributed by atoms with Crippen molar-refractivity contribution >= 4 is 33.2 Å². The zero-order valence-corrected chi connectivity index (χ0v) is 11.7. The van der Waals surface area contributed by atoms with Gasteiger partial charge < -0.3 is 11.1 Å². The van der Waals surface area contributed by atoms with Crippen LogP contribution in [0.15, 0.2) is 35.1 Å². The monoisotopic (exact) mass is 323 g/mol. The molecule has 0 unspecified atom stereocenters. The maximum Gasteiger partial charge on any atom is 0.256 e. The van der Waals surface area contributed by atoms with Crippen LogP contribution in [-0.4, -0.2) is 10.9 Å². The second-order valence-electron chi connectivity index (χ2n) is 4.00. The van der Waals surface area contributed by atoms with E-state index < -0.39 is 5.82 Å². The number of hydrogen-bond acceptors (Lipinski definition) is 3. The number of amides is 1. The Hall–Kier alpha value is -1.95. The van der Waals surface area contributed by atoms with E-state index in [9.17, 15) is 9.18 Å². The van der Waals surface area contributed by atoms with Gasteiger partial charge in [0.1, 0.15) is 5.82 Å². The molecule has 0 atom stereocenters. The topological polar surface area (TPSA) is 68.0 Å². The van der Waals surface area contributed by atoms with Crippen LogP contribution in [-0.2, 0) is 0 Å². The van der Waals surface area contributed by atoms with E-state index in [0.717, 1.165) is 5.56 Å². The number of aryl methyl sites for hydroxylation is 1. The third kappa shape index (κ3) is 2.90. The van der Waals surface area contributed by atoms with Crippen molar-refractivity contribution in [2.75, 3.05) is 11.1 Å². The number of anilines is 2. The van der Waals surface area contributed by atoms with Gasteiger partial charge in [-0.15, -0.1) is 0 Å². The molecule has 1 amide bonds. The number of rotatable bonds is 2. The van der Waals surface area contributed by atoms with E-state index in [4.69, 9.17) is 5.73 Å². The van der Waals surface area contributed by atoms with E-state index in [2.05, 4.69) is 26.2 Å². The van der Waals surface area contributed by atoms with Crippen LogP contribution in [0, 0.1) is 12.7 Å². The molecule has 0 saturated carbocycles. The molecule has 6 heteroatoms. The van der Waals surface area contributed by atoms with Gasteiger partial charge >= 0.3 is 0 Å². The fourth-order valence-corrected chi connectivity index (χ4v) is 2.02. The van der Waals surface area contributed by atoms with Crippen molar-refractivity contribution in [2.45, 2.75) is 6.92 Å².